The fourth-order valence-corrected chi connectivity index (χ4v) is 3.68. The number of ether oxygens (including phenoxy) is 4. The molecule has 0 bridgehead atoms. The van der Waals surface area contributed by atoms with Gasteiger partial charge in [-0.3, -0.25) is 4.79 Å². The maximum atomic E-state index is 12.8. The molecule has 0 amide bonds. The van der Waals surface area contributed by atoms with Crippen LogP contribution in [0.15, 0.2) is 47.3 Å². The number of nitrogens with one attached hydrogen (secondary N) is 1. The molecule has 3 aromatic rings. The van der Waals surface area contributed by atoms with Crippen LogP contribution in [0.2, 0.25) is 0 Å². The Morgan fingerprint density at radius 1 is 1.07 bits per heavy atom. The number of H-pyrrole nitrogens is 1. The lowest BCUT2D eigenvalue weighted by atomic mass is 10.0. The van der Waals surface area contributed by atoms with Crippen LogP contribution in [0, 0.1) is 12.8 Å². The Hall–Kier alpha value is -2.99. The number of methoxy groups -OCH3 is 1. The van der Waals surface area contributed by atoms with E-state index in [9.17, 15) is 4.79 Å². The monoisotopic (exact) mass is 409 g/mol. The molecule has 0 radical (unpaired) electrons. The first-order valence-corrected chi connectivity index (χ1v) is 10.3. The summed E-state index contributed by atoms with van der Waals surface area (Å²) in [7, 11) is 1.59. The van der Waals surface area contributed by atoms with E-state index in [2.05, 4.69) is 4.98 Å². The molecule has 1 aliphatic heterocycles. The normalized spacial score (nSPS) is 14.6. The average Bonchev–Trinajstić information content (AvgIpc) is 2.79. The first-order chi connectivity index (χ1) is 14.7. The van der Waals surface area contributed by atoms with Gasteiger partial charge in [0, 0.05) is 30.2 Å². The summed E-state index contributed by atoms with van der Waals surface area (Å²) in [4.78, 5) is 16.1. The zero-order valence-corrected chi connectivity index (χ0v) is 17.4. The summed E-state index contributed by atoms with van der Waals surface area (Å²) in [6.07, 6.45) is 2.07. The van der Waals surface area contributed by atoms with Crippen LogP contribution < -0.4 is 19.6 Å². The van der Waals surface area contributed by atoms with Gasteiger partial charge in [0.05, 0.1) is 24.9 Å². The van der Waals surface area contributed by atoms with Gasteiger partial charge in [-0.25, -0.2) is 0 Å². The van der Waals surface area contributed by atoms with Gasteiger partial charge in [0.25, 0.3) is 0 Å². The van der Waals surface area contributed by atoms with Crippen LogP contribution in [0.5, 0.6) is 17.2 Å². The van der Waals surface area contributed by atoms with E-state index in [0.717, 1.165) is 37.5 Å². The molecule has 6 nitrogen and oxygen atoms in total. The van der Waals surface area contributed by atoms with Crippen LogP contribution in [-0.2, 0) is 11.3 Å². The largest absolute Gasteiger partial charge is 0.495 e. The second-order valence-corrected chi connectivity index (χ2v) is 7.57. The van der Waals surface area contributed by atoms with Gasteiger partial charge in [-0.2, -0.15) is 0 Å². The summed E-state index contributed by atoms with van der Waals surface area (Å²) < 4.78 is 22.7. The van der Waals surface area contributed by atoms with Crippen molar-refractivity contribution in [3.05, 3.63) is 63.9 Å². The number of benzene rings is 2. The van der Waals surface area contributed by atoms with Crippen molar-refractivity contribution in [1.82, 2.24) is 4.98 Å². The molecule has 1 saturated heterocycles. The van der Waals surface area contributed by atoms with Gasteiger partial charge in [0.2, 0.25) is 0 Å². The highest BCUT2D eigenvalue weighted by atomic mass is 16.5. The first-order valence-electron chi connectivity index (χ1n) is 10.3. The molecule has 0 atom stereocenters. The van der Waals surface area contributed by atoms with E-state index in [-0.39, 0.29) is 12.0 Å². The first kappa shape index (κ1) is 20.3. The molecule has 1 aliphatic rings. The Morgan fingerprint density at radius 2 is 1.80 bits per heavy atom. The lowest BCUT2D eigenvalue weighted by Gasteiger charge is -2.22. The SMILES string of the molecule is COc1cccc2c(=O)c(C)c(COc3cccc(OCC4CCOCC4)c3)[nH]c12. The Balaban J connectivity index is 1.47. The molecule has 0 unspecified atom stereocenters. The van der Waals surface area contributed by atoms with E-state index >= 15 is 0 Å². The summed E-state index contributed by atoms with van der Waals surface area (Å²) in [5, 5.41) is 0.610. The van der Waals surface area contributed by atoms with Crippen molar-refractivity contribution in [2.24, 2.45) is 5.92 Å². The third-order valence-electron chi connectivity index (χ3n) is 5.58. The number of aromatic nitrogens is 1. The van der Waals surface area contributed by atoms with Gasteiger partial charge >= 0.3 is 0 Å². The van der Waals surface area contributed by atoms with Crippen LogP contribution >= 0.6 is 0 Å². The fraction of sp³-hybridized carbons (Fsp3) is 0.375. The number of hydrogen-bond donors (Lipinski definition) is 1. The molecular weight excluding hydrogens is 382 g/mol. The van der Waals surface area contributed by atoms with Gasteiger partial charge in [-0.1, -0.05) is 12.1 Å². The Labute approximate surface area is 175 Å². The highest BCUT2D eigenvalue weighted by Crippen LogP contribution is 2.25. The zero-order chi connectivity index (χ0) is 20.9. The molecule has 6 heteroatoms. The molecule has 1 aromatic heterocycles. The highest BCUT2D eigenvalue weighted by molar-refractivity contribution is 5.85. The molecule has 158 valence electrons. The summed E-state index contributed by atoms with van der Waals surface area (Å²) >= 11 is 0. The van der Waals surface area contributed by atoms with Crippen molar-refractivity contribution in [3.8, 4) is 17.2 Å². The molecule has 0 saturated carbocycles. The van der Waals surface area contributed by atoms with Crippen LogP contribution in [0.3, 0.4) is 0 Å². The van der Waals surface area contributed by atoms with Gasteiger partial charge in [-0.15, -0.1) is 0 Å². The molecule has 0 aliphatic carbocycles. The topological polar surface area (TPSA) is 69.8 Å². The highest BCUT2D eigenvalue weighted by Gasteiger charge is 2.15. The maximum Gasteiger partial charge on any atom is 0.192 e. The second kappa shape index (κ2) is 9.22. The van der Waals surface area contributed by atoms with Crippen molar-refractivity contribution in [3.63, 3.8) is 0 Å². The molecule has 2 heterocycles. The number of rotatable bonds is 7. The second-order valence-electron chi connectivity index (χ2n) is 7.57. The molecule has 30 heavy (non-hydrogen) atoms. The number of fused-ring (bicyclic) bond motifs is 1. The van der Waals surface area contributed by atoms with Crippen LogP contribution in [-0.4, -0.2) is 31.9 Å². The van der Waals surface area contributed by atoms with Crippen molar-refractivity contribution in [2.45, 2.75) is 26.4 Å². The summed E-state index contributed by atoms with van der Waals surface area (Å²) in [5.41, 5.74) is 2.03. The molecule has 1 N–H and O–H groups in total. The molecule has 1 fully saturated rings. The van der Waals surface area contributed by atoms with Gasteiger partial charge in [-0.05, 0) is 49.9 Å². The van der Waals surface area contributed by atoms with Gasteiger partial charge < -0.3 is 23.9 Å². The summed E-state index contributed by atoms with van der Waals surface area (Å²) in [6.45, 7) is 4.36. The minimum absolute atomic E-state index is 0.0187. The summed E-state index contributed by atoms with van der Waals surface area (Å²) in [5.74, 6) is 2.64. The Kier molecular flexibility index (Phi) is 6.23. The Bertz CT molecular complexity index is 1070. The number of para-hydroxylation sites is 1. The van der Waals surface area contributed by atoms with E-state index in [4.69, 9.17) is 18.9 Å². The smallest absolute Gasteiger partial charge is 0.192 e. The van der Waals surface area contributed by atoms with Crippen molar-refractivity contribution in [2.75, 3.05) is 26.9 Å². The van der Waals surface area contributed by atoms with Crippen molar-refractivity contribution in [1.29, 1.82) is 0 Å². The number of hydrogen-bond acceptors (Lipinski definition) is 5. The third kappa shape index (κ3) is 4.44. The zero-order valence-electron chi connectivity index (χ0n) is 17.4. The van der Waals surface area contributed by atoms with Crippen LogP contribution in [0.4, 0.5) is 0 Å². The molecule has 0 spiro atoms. The fourth-order valence-electron chi connectivity index (χ4n) is 3.68. The molecule has 2 aromatic carbocycles. The predicted octanol–water partition coefficient (Wildman–Crippen LogP) is 4.23. The van der Waals surface area contributed by atoms with Crippen molar-refractivity contribution >= 4 is 10.9 Å². The minimum Gasteiger partial charge on any atom is -0.495 e. The summed E-state index contributed by atoms with van der Waals surface area (Å²) in [6, 6.07) is 13.1. The minimum atomic E-state index is -0.0187. The Morgan fingerprint density at radius 3 is 2.57 bits per heavy atom. The van der Waals surface area contributed by atoms with E-state index in [1.165, 1.54) is 0 Å². The van der Waals surface area contributed by atoms with Gasteiger partial charge in [0.15, 0.2) is 5.43 Å². The lowest BCUT2D eigenvalue weighted by molar-refractivity contribution is 0.0497. The van der Waals surface area contributed by atoms with E-state index in [1.807, 2.05) is 43.3 Å². The lowest BCUT2D eigenvalue weighted by Crippen LogP contribution is -2.21. The standard InChI is InChI=1S/C24H27NO5/c1-16-21(25-23-20(24(16)26)7-4-8-22(23)27-2)15-30-19-6-3-5-18(13-19)29-14-17-9-11-28-12-10-17/h3-8,13,17H,9-12,14-15H2,1-2H3,(H,25,26). The van der Waals surface area contributed by atoms with Crippen molar-refractivity contribution < 1.29 is 18.9 Å². The van der Waals surface area contributed by atoms with E-state index in [1.54, 1.807) is 13.2 Å². The van der Waals surface area contributed by atoms with Crippen LogP contribution in [0.25, 0.3) is 10.9 Å². The third-order valence-corrected chi connectivity index (χ3v) is 5.58. The molecular formula is C24H27NO5. The van der Waals surface area contributed by atoms with E-state index < -0.39 is 0 Å². The average molecular weight is 409 g/mol. The van der Waals surface area contributed by atoms with Crippen LogP contribution in [0.1, 0.15) is 24.1 Å². The van der Waals surface area contributed by atoms with Gasteiger partial charge in [0.1, 0.15) is 23.9 Å². The number of pyridine rings is 1. The quantitative estimate of drug-likeness (QED) is 0.632. The molecule has 4 rings (SSSR count). The number of aromatic amines is 1. The van der Waals surface area contributed by atoms with E-state index in [0.29, 0.717) is 40.5 Å². The maximum absolute atomic E-state index is 12.8. The predicted molar refractivity (Wildman–Crippen MR) is 116 cm³/mol.